The van der Waals surface area contributed by atoms with E-state index in [-0.39, 0.29) is 12.5 Å². The van der Waals surface area contributed by atoms with Crippen LogP contribution in [0.15, 0.2) is 29.3 Å². The van der Waals surface area contributed by atoms with Gasteiger partial charge in [0.1, 0.15) is 5.75 Å². The zero-order valence-corrected chi connectivity index (χ0v) is 15.8. The number of hydrogen-bond donors (Lipinski definition) is 2. The van der Waals surface area contributed by atoms with E-state index in [0.717, 1.165) is 56.5 Å². The van der Waals surface area contributed by atoms with Gasteiger partial charge in [-0.25, -0.2) is 0 Å². The monoisotopic (exact) mass is 362 g/mol. The van der Waals surface area contributed by atoms with Gasteiger partial charge in [-0.1, -0.05) is 12.1 Å². The van der Waals surface area contributed by atoms with Crippen LogP contribution in [0.1, 0.15) is 26.7 Å². The Kier molecular flexibility index (Phi) is 8.75. The van der Waals surface area contributed by atoms with E-state index in [1.54, 1.807) is 4.90 Å². The van der Waals surface area contributed by atoms with Gasteiger partial charge in [-0.3, -0.25) is 9.79 Å². The number of fused-ring (bicyclic) bond motifs is 1. The van der Waals surface area contributed by atoms with Crippen LogP contribution in [0, 0.1) is 0 Å². The topological polar surface area (TPSA) is 75.2 Å². The predicted octanol–water partition coefficient (Wildman–Crippen LogP) is 1.78. The van der Waals surface area contributed by atoms with Crippen molar-refractivity contribution in [1.29, 1.82) is 0 Å². The highest BCUT2D eigenvalue weighted by molar-refractivity contribution is 5.97. The van der Waals surface area contributed by atoms with Crippen molar-refractivity contribution in [2.45, 2.75) is 26.7 Å². The number of aliphatic imine (C=N–C) groups is 1. The molecular weight excluding hydrogens is 332 g/mol. The van der Waals surface area contributed by atoms with Crippen molar-refractivity contribution < 1.29 is 14.3 Å². The minimum atomic E-state index is -0.00589. The van der Waals surface area contributed by atoms with Gasteiger partial charge < -0.3 is 25.0 Å². The quantitative estimate of drug-likeness (QED) is 0.377. The number of carbonyl (C=O) groups is 1. The van der Waals surface area contributed by atoms with Crippen molar-refractivity contribution in [2.24, 2.45) is 4.99 Å². The van der Waals surface area contributed by atoms with Crippen LogP contribution >= 0.6 is 0 Å². The van der Waals surface area contributed by atoms with Crippen LogP contribution in [0.2, 0.25) is 0 Å². The summed E-state index contributed by atoms with van der Waals surface area (Å²) in [6.45, 7) is 8.55. The fourth-order valence-corrected chi connectivity index (χ4v) is 2.69. The molecule has 0 spiro atoms. The third-order valence-corrected chi connectivity index (χ3v) is 3.92. The third kappa shape index (κ3) is 6.22. The third-order valence-electron chi connectivity index (χ3n) is 3.92. The Bertz CT molecular complexity index is 592. The number of guanidine groups is 1. The number of carbonyl (C=O) groups excluding carboxylic acids is 1. The van der Waals surface area contributed by atoms with Gasteiger partial charge in [-0.05, 0) is 38.8 Å². The van der Waals surface area contributed by atoms with Crippen LogP contribution < -0.4 is 20.3 Å². The number of anilines is 1. The molecule has 1 aromatic rings. The van der Waals surface area contributed by atoms with Crippen molar-refractivity contribution in [1.82, 2.24) is 10.6 Å². The number of nitrogens with zero attached hydrogens (tertiary/aromatic N) is 2. The van der Waals surface area contributed by atoms with Crippen LogP contribution in [-0.2, 0) is 9.53 Å². The molecule has 0 aromatic heterocycles. The average Bonchev–Trinajstić information content (AvgIpc) is 2.66. The Hall–Kier alpha value is -2.28. The van der Waals surface area contributed by atoms with Gasteiger partial charge >= 0.3 is 0 Å². The molecule has 2 rings (SSSR count). The second kappa shape index (κ2) is 11.4. The van der Waals surface area contributed by atoms with Gasteiger partial charge in [0, 0.05) is 39.4 Å². The lowest BCUT2D eigenvalue weighted by Gasteiger charge is -2.29. The molecular formula is C19H30N4O3. The lowest BCUT2D eigenvalue weighted by atomic mass is 10.2. The molecule has 1 aliphatic heterocycles. The van der Waals surface area contributed by atoms with E-state index in [9.17, 15) is 4.79 Å². The van der Waals surface area contributed by atoms with E-state index >= 15 is 0 Å². The van der Waals surface area contributed by atoms with Gasteiger partial charge in [-0.2, -0.15) is 0 Å². The molecule has 0 atom stereocenters. The first-order chi connectivity index (χ1) is 12.8. The molecule has 1 aromatic carbocycles. The summed E-state index contributed by atoms with van der Waals surface area (Å²) >= 11 is 0. The Morgan fingerprint density at radius 2 is 2.12 bits per heavy atom. The normalized spacial score (nSPS) is 14.0. The van der Waals surface area contributed by atoms with E-state index in [0.29, 0.717) is 13.1 Å². The Morgan fingerprint density at radius 1 is 1.27 bits per heavy atom. The zero-order valence-electron chi connectivity index (χ0n) is 15.8. The zero-order chi connectivity index (χ0) is 18.6. The summed E-state index contributed by atoms with van der Waals surface area (Å²) in [6, 6.07) is 7.64. The van der Waals surface area contributed by atoms with Gasteiger partial charge in [0.25, 0.3) is 5.91 Å². The lowest BCUT2D eigenvalue weighted by molar-refractivity contribution is -0.121. The molecule has 7 heteroatoms. The standard InChI is InChI=1S/C19H30N4O3/c1-3-20-19(22-12-8-14-25-4-2)21-11-7-13-23-16-9-5-6-10-17(16)26-15-18(23)24/h5-6,9-10H,3-4,7-8,11-15H2,1-2H3,(H2,20,21,22). The maximum absolute atomic E-state index is 12.1. The van der Waals surface area contributed by atoms with Gasteiger partial charge in [0.15, 0.2) is 12.6 Å². The number of nitrogens with one attached hydrogen (secondary N) is 2. The van der Waals surface area contributed by atoms with Gasteiger partial charge in [0.05, 0.1) is 5.69 Å². The van der Waals surface area contributed by atoms with E-state index in [1.807, 2.05) is 38.1 Å². The fourth-order valence-electron chi connectivity index (χ4n) is 2.69. The first kappa shape index (κ1) is 20.0. The largest absolute Gasteiger partial charge is 0.482 e. The number of rotatable bonds is 10. The van der Waals surface area contributed by atoms with Crippen molar-refractivity contribution in [3.63, 3.8) is 0 Å². The average molecular weight is 362 g/mol. The molecule has 26 heavy (non-hydrogen) atoms. The molecule has 7 nitrogen and oxygen atoms in total. The SMILES string of the molecule is CCNC(=NCCCN1C(=O)COc2ccccc21)NCCCOCC. The van der Waals surface area contributed by atoms with E-state index in [4.69, 9.17) is 9.47 Å². The molecule has 0 saturated carbocycles. The predicted molar refractivity (Wildman–Crippen MR) is 104 cm³/mol. The van der Waals surface area contributed by atoms with Gasteiger partial charge in [-0.15, -0.1) is 0 Å². The highest BCUT2D eigenvalue weighted by Gasteiger charge is 2.24. The Morgan fingerprint density at radius 3 is 2.92 bits per heavy atom. The van der Waals surface area contributed by atoms with Crippen LogP contribution in [0.25, 0.3) is 0 Å². The molecule has 0 unspecified atom stereocenters. The second-order valence-corrected chi connectivity index (χ2v) is 5.89. The van der Waals surface area contributed by atoms with E-state index in [2.05, 4.69) is 15.6 Å². The Balaban J connectivity index is 1.79. The number of hydrogen-bond acceptors (Lipinski definition) is 4. The molecule has 2 N–H and O–H groups in total. The smallest absolute Gasteiger partial charge is 0.265 e. The summed E-state index contributed by atoms with van der Waals surface area (Å²) in [4.78, 5) is 18.5. The van der Waals surface area contributed by atoms with Crippen LogP contribution in [0.4, 0.5) is 5.69 Å². The van der Waals surface area contributed by atoms with E-state index in [1.165, 1.54) is 0 Å². The Labute approximate surface area is 155 Å². The molecule has 1 amide bonds. The van der Waals surface area contributed by atoms with Crippen LogP contribution in [-0.4, -0.2) is 57.9 Å². The molecule has 0 fully saturated rings. The summed E-state index contributed by atoms with van der Waals surface area (Å²) in [5, 5.41) is 6.53. The van der Waals surface area contributed by atoms with Crippen molar-refractivity contribution in [3.05, 3.63) is 24.3 Å². The number of ether oxygens (including phenoxy) is 2. The maximum atomic E-state index is 12.1. The number of para-hydroxylation sites is 2. The minimum Gasteiger partial charge on any atom is -0.482 e. The highest BCUT2D eigenvalue weighted by Crippen LogP contribution is 2.31. The van der Waals surface area contributed by atoms with Crippen molar-refractivity contribution in [2.75, 3.05) is 50.9 Å². The maximum Gasteiger partial charge on any atom is 0.265 e. The van der Waals surface area contributed by atoms with Crippen LogP contribution in [0.3, 0.4) is 0 Å². The van der Waals surface area contributed by atoms with Gasteiger partial charge in [0.2, 0.25) is 0 Å². The minimum absolute atomic E-state index is 0.00589. The summed E-state index contributed by atoms with van der Waals surface area (Å²) in [6.07, 6.45) is 1.73. The van der Waals surface area contributed by atoms with Crippen molar-refractivity contribution in [3.8, 4) is 5.75 Å². The summed E-state index contributed by atoms with van der Waals surface area (Å²) in [5.74, 6) is 1.56. The van der Waals surface area contributed by atoms with Crippen molar-refractivity contribution >= 4 is 17.6 Å². The molecule has 1 aliphatic rings. The molecule has 144 valence electrons. The van der Waals surface area contributed by atoms with Crippen LogP contribution in [0.5, 0.6) is 5.75 Å². The summed E-state index contributed by atoms with van der Waals surface area (Å²) < 4.78 is 10.8. The highest BCUT2D eigenvalue weighted by atomic mass is 16.5. The molecule has 1 heterocycles. The molecule has 0 bridgehead atoms. The lowest BCUT2D eigenvalue weighted by Crippen LogP contribution is -2.40. The molecule has 0 aliphatic carbocycles. The number of amides is 1. The fraction of sp³-hybridized carbons (Fsp3) is 0.579. The first-order valence-corrected chi connectivity index (χ1v) is 9.38. The number of benzene rings is 1. The summed E-state index contributed by atoms with van der Waals surface area (Å²) in [5.41, 5.74) is 0.841. The second-order valence-electron chi connectivity index (χ2n) is 5.89. The summed E-state index contributed by atoms with van der Waals surface area (Å²) in [7, 11) is 0. The first-order valence-electron chi connectivity index (χ1n) is 9.38. The molecule has 0 saturated heterocycles. The van der Waals surface area contributed by atoms with E-state index < -0.39 is 0 Å². The molecule has 0 radical (unpaired) electrons.